The van der Waals surface area contributed by atoms with Crippen LogP contribution in [0.25, 0.3) is 16.7 Å². The molecule has 4 aromatic heterocycles. The number of nitrogens with zero attached hydrogens (tertiary/aromatic N) is 7. The van der Waals surface area contributed by atoms with Crippen molar-refractivity contribution in [3.8, 4) is 0 Å². The van der Waals surface area contributed by atoms with Gasteiger partial charge in [0.1, 0.15) is 12.9 Å². The van der Waals surface area contributed by atoms with Crippen molar-refractivity contribution in [1.82, 2.24) is 34.2 Å². The van der Waals surface area contributed by atoms with Gasteiger partial charge in [-0.05, 0) is 36.0 Å². The summed E-state index contributed by atoms with van der Waals surface area (Å²) in [6.07, 6.45) is 8.14. The van der Waals surface area contributed by atoms with Crippen molar-refractivity contribution >= 4 is 16.7 Å². The van der Waals surface area contributed by atoms with E-state index in [0.717, 1.165) is 12.1 Å². The van der Waals surface area contributed by atoms with E-state index in [1.807, 2.05) is 24.4 Å². The van der Waals surface area contributed by atoms with Crippen LogP contribution < -0.4 is 5.56 Å². The molecule has 4 aromatic rings. The molecule has 1 saturated carbocycles. The van der Waals surface area contributed by atoms with Crippen LogP contribution in [0.4, 0.5) is 0 Å². The summed E-state index contributed by atoms with van der Waals surface area (Å²) in [5.41, 5.74) is 3.05. The van der Waals surface area contributed by atoms with Gasteiger partial charge in [0.05, 0.1) is 12.0 Å². The monoisotopic (exact) mass is 387 g/mol. The molecular formula is C20H17N7O2. The zero-order chi connectivity index (χ0) is 19.5. The van der Waals surface area contributed by atoms with Crippen molar-refractivity contribution in [3.63, 3.8) is 0 Å². The highest BCUT2D eigenvalue weighted by Gasteiger charge is 2.55. The van der Waals surface area contributed by atoms with Crippen LogP contribution in [0.2, 0.25) is 0 Å². The van der Waals surface area contributed by atoms with E-state index in [0.29, 0.717) is 34.7 Å². The fourth-order valence-electron chi connectivity index (χ4n) is 4.35. The maximum Gasteiger partial charge on any atom is 0.280 e. The zero-order valence-corrected chi connectivity index (χ0v) is 15.6. The second-order valence-corrected chi connectivity index (χ2v) is 7.63. The first kappa shape index (κ1) is 16.3. The average Bonchev–Trinajstić information content (AvgIpc) is 3.16. The molecule has 0 N–H and O–H groups in total. The van der Waals surface area contributed by atoms with Gasteiger partial charge >= 0.3 is 0 Å². The molecule has 2 aliphatic rings. The smallest absolute Gasteiger partial charge is 0.280 e. The van der Waals surface area contributed by atoms with Crippen LogP contribution in [-0.4, -0.2) is 34.2 Å². The number of aromatic nitrogens is 7. The largest absolute Gasteiger partial charge is 0.337 e. The molecule has 0 saturated heterocycles. The summed E-state index contributed by atoms with van der Waals surface area (Å²) in [4.78, 5) is 30.0. The Morgan fingerprint density at radius 3 is 2.90 bits per heavy atom. The summed E-state index contributed by atoms with van der Waals surface area (Å²) < 4.78 is 8.55. The van der Waals surface area contributed by atoms with Crippen LogP contribution in [0.3, 0.4) is 0 Å². The third kappa shape index (κ3) is 2.54. The summed E-state index contributed by atoms with van der Waals surface area (Å²) >= 11 is 0. The molecule has 0 aromatic carbocycles. The Labute approximate surface area is 164 Å². The molecule has 144 valence electrons. The van der Waals surface area contributed by atoms with Crippen LogP contribution in [-0.2, 0) is 13.6 Å². The predicted octanol–water partition coefficient (Wildman–Crippen LogP) is 1.77. The molecule has 9 nitrogen and oxygen atoms in total. The van der Waals surface area contributed by atoms with Crippen LogP contribution in [0.5, 0.6) is 0 Å². The molecule has 6 rings (SSSR count). The fraction of sp³-hybridized carbons (Fsp3) is 0.300. The van der Waals surface area contributed by atoms with E-state index in [9.17, 15) is 4.79 Å². The topological polar surface area (TPSA) is 105 Å². The van der Waals surface area contributed by atoms with Crippen molar-refractivity contribution in [2.24, 2.45) is 18.9 Å². The van der Waals surface area contributed by atoms with Crippen molar-refractivity contribution in [1.29, 1.82) is 0 Å². The molecule has 29 heavy (non-hydrogen) atoms. The molecule has 1 fully saturated rings. The van der Waals surface area contributed by atoms with Gasteiger partial charge in [-0.2, -0.15) is 4.98 Å². The minimum absolute atomic E-state index is 0.180. The Bertz CT molecular complexity index is 1320. The number of pyridine rings is 1. The van der Waals surface area contributed by atoms with Gasteiger partial charge in [0.15, 0.2) is 17.0 Å². The number of rotatable bonds is 4. The van der Waals surface area contributed by atoms with E-state index in [1.54, 1.807) is 17.9 Å². The third-order valence-corrected chi connectivity index (χ3v) is 5.86. The molecule has 0 spiro atoms. The van der Waals surface area contributed by atoms with Gasteiger partial charge in [0, 0.05) is 19.2 Å². The van der Waals surface area contributed by atoms with E-state index >= 15 is 0 Å². The van der Waals surface area contributed by atoms with Crippen LogP contribution in [0.15, 0.2) is 52.4 Å². The van der Waals surface area contributed by atoms with Crippen LogP contribution >= 0.6 is 0 Å². The van der Waals surface area contributed by atoms with Crippen LogP contribution in [0, 0.1) is 11.8 Å². The summed E-state index contributed by atoms with van der Waals surface area (Å²) in [7, 11) is 1.77. The van der Waals surface area contributed by atoms with E-state index < -0.39 is 0 Å². The second-order valence-electron chi connectivity index (χ2n) is 7.63. The molecule has 2 aliphatic carbocycles. The highest BCUT2D eigenvalue weighted by molar-refractivity contribution is 5.69. The molecule has 9 heteroatoms. The molecule has 0 unspecified atom stereocenters. The van der Waals surface area contributed by atoms with Crippen molar-refractivity contribution < 1.29 is 4.52 Å². The highest BCUT2D eigenvalue weighted by atomic mass is 16.5. The number of hydrogen-bond donors (Lipinski definition) is 0. The molecule has 4 heterocycles. The van der Waals surface area contributed by atoms with E-state index in [2.05, 4.69) is 31.2 Å². The van der Waals surface area contributed by atoms with Gasteiger partial charge in [-0.3, -0.25) is 14.3 Å². The number of aryl methyl sites for hydroxylation is 1. The summed E-state index contributed by atoms with van der Waals surface area (Å²) in [5.74, 6) is 2.35. The summed E-state index contributed by atoms with van der Waals surface area (Å²) in [6.45, 7) is 0.191. The summed E-state index contributed by atoms with van der Waals surface area (Å²) in [5, 5.41) is 4.17. The third-order valence-electron chi connectivity index (χ3n) is 5.86. The lowest BCUT2D eigenvalue weighted by Gasteiger charge is -2.03. The minimum atomic E-state index is -0.180. The van der Waals surface area contributed by atoms with Crippen molar-refractivity contribution in [2.75, 3.05) is 0 Å². The molecule has 0 radical (unpaired) electrons. The van der Waals surface area contributed by atoms with E-state index in [-0.39, 0.29) is 18.0 Å². The zero-order valence-electron chi connectivity index (χ0n) is 15.6. The van der Waals surface area contributed by atoms with Crippen molar-refractivity contribution in [3.05, 3.63) is 70.9 Å². The molecule has 0 amide bonds. The van der Waals surface area contributed by atoms with Gasteiger partial charge in [-0.1, -0.05) is 17.3 Å². The number of fused-ring (bicyclic) bond motifs is 2. The van der Waals surface area contributed by atoms with Gasteiger partial charge in [-0.15, -0.1) is 0 Å². The number of allylic oxidation sites excluding steroid dienone is 2. The first-order chi connectivity index (χ1) is 14.2. The van der Waals surface area contributed by atoms with Gasteiger partial charge < -0.3 is 9.09 Å². The number of hydrogen-bond acceptors (Lipinski definition) is 7. The molecule has 3 atom stereocenters. The normalized spacial score (nSPS) is 22.7. The van der Waals surface area contributed by atoms with E-state index in [1.165, 1.54) is 16.5 Å². The SMILES string of the molecule is Cn1cnc2ncn(Cc3nc([C@@H]4[C@H]5C=C(c6ccccn6)C[C@H]54)no3)c(=O)c21. The van der Waals surface area contributed by atoms with Crippen molar-refractivity contribution in [2.45, 2.75) is 18.9 Å². The average molecular weight is 387 g/mol. The lowest BCUT2D eigenvalue weighted by atomic mass is 10.1. The number of imidazole rings is 1. The maximum absolute atomic E-state index is 12.7. The second kappa shape index (κ2) is 5.94. The Morgan fingerprint density at radius 2 is 2.10 bits per heavy atom. The lowest BCUT2D eigenvalue weighted by molar-refractivity contribution is 0.364. The Balaban J connectivity index is 1.22. The Morgan fingerprint density at radius 1 is 1.21 bits per heavy atom. The molecular weight excluding hydrogens is 370 g/mol. The Hall–Kier alpha value is -3.62. The predicted molar refractivity (Wildman–Crippen MR) is 103 cm³/mol. The van der Waals surface area contributed by atoms with Gasteiger partial charge in [0.25, 0.3) is 5.56 Å². The molecule has 0 bridgehead atoms. The quantitative estimate of drug-likeness (QED) is 0.525. The summed E-state index contributed by atoms with van der Waals surface area (Å²) in [6, 6.07) is 5.98. The van der Waals surface area contributed by atoms with Gasteiger partial charge in [0.2, 0.25) is 5.89 Å². The maximum atomic E-state index is 12.7. The Kier molecular flexibility index (Phi) is 3.35. The minimum Gasteiger partial charge on any atom is -0.337 e. The fourth-order valence-corrected chi connectivity index (χ4v) is 4.35. The first-order valence-corrected chi connectivity index (χ1v) is 9.50. The van der Waals surface area contributed by atoms with Gasteiger partial charge in [-0.25, -0.2) is 9.97 Å². The lowest BCUT2D eigenvalue weighted by Crippen LogP contribution is -2.22. The van der Waals surface area contributed by atoms with E-state index in [4.69, 9.17) is 4.52 Å². The van der Waals surface area contributed by atoms with Crippen LogP contribution in [0.1, 0.15) is 29.7 Å². The molecule has 0 aliphatic heterocycles. The highest BCUT2D eigenvalue weighted by Crippen LogP contribution is 2.62. The first-order valence-electron chi connectivity index (χ1n) is 9.50. The standard InChI is InChI=1S/C20H17N7O2/c1-26-9-22-19-17(26)20(28)27(10-23-19)8-15-24-18(25-29-15)16-12-6-11(7-13(12)16)14-4-2-3-5-21-14/h2-6,9-10,12-13,16H,7-8H2,1H3/t12-,13+,16+/m0/s1.